The maximum atomic E-state index is 12.1. The number of nitrogens with one attached hydrogen (secondary N) is 2. The van der Waals surface area contributed by atoms with Gasteiger partial charge in [-0.25, -0.2) is 4.79 Å². The van der Waals surface area contributed by atoms with E-state index in [9.17, 15) is 18.0 Å². The Balaban J connectivity index is 2.32. The molecule has 2 amide bonds. The summed E-state index contributed by atoms with van der Waals surface area (Å²) in [6, 6.07) is 5.55. The highest BCUT2D eigenvalue weighted by Crippen LogP contribution is 2.23. The van der Waals surface area contributed by atoms with Crippen LogP contribution in [-0.2, 0) is 6.54 Å². The Labute approximate surface area is 121 Å². The van der Waals surface area contributed by atoms with Crippen LogP contribution in [0.1, 0.15) is 5.56 Å². The summed E-state index contributed by atoms with van der Waals surface area (Å²) in [6.45, 7) is 1.31. The standard InChI is InChI=1S/C13H18F3N3O2/c1-19(2)12(20)18-7-6-17-9-10-4-3-5-11(8-10)21-13(14,15)16/h3-5,8,17H,6-7,9H2,1-2H3,(H,18,20). The molecule has 0 spiro atoms. The summed E-state index contributed by atoms with van der Waals surface area (Å²) in [5.74, 6) is -0.247. The molecule has 0 aliphatic heterocycles. The molecular formula is C13H18F3N3O2. The molecule has 0 atom stereocenters. The van der Waals surface area contributed by atoms with Crippen molar-refractivity contribution < 1.29 is 22.7 Å². The molecule has 1 rings (SSSR count). The first-order valence-electron chi connectivity index (χ1n) is 6.28. The van der Waals surface area contributed by atoms with Crippen molar-refractivity contribution in [2.75, 3.05) is 27.2 Å². The summed E-state index contributed by atoms with van der Waals surface area (Å²) < 4.78 is 40.1. The van der Waals surface area contributed by atoms with Crippen LogP contribution in [0.4, 0.5) is 18.0 Å². The van der Waals surface area contributed by atoms with Crippen molar-refractivity contribution in [2.45, 2.75) is 12.9 Å². The van der Waals surface area contributed by atoms with Gasteiger partial charge in [0.05, 0.1) is 0 Å². The number of carbonyl (C=O) groups excluding carboxylic acids is 1. The van der Waals surface area contributed by atoms with E-state index in [4.69, 9.17) is 0 Å². The van der Waals surface area contributed by atoms with Crippen LogP contribution >= 0.6 is 0 Å². The molecule has 0 saturated heterocycles. The molecule has 0 aliphatic carbocycles. The first kappa shape index (κ1) is 17.1. The number of benzene rings is 1. The van der Waals surface area contributed by atoms with Crippen LogP contribution in [-0.4, -0.2) is 44.5 Å². The Kier molecular flexibility index (Phi) is 6.29. The molecule has 0 fully saturated rings. The minimum Gasteiger partial charge on any atom is -0.406 e. The van der Waals surface area contributed by atoms with E-state index >= 15 is 0 Å². The molecule has 0 aromatic heterocycles. The second-order valence-corrected chi connectivity index (χ2v) is 4.50. The minimum atomic E-state index is -4.69. The van der Waals surface area contributed by atoms with Crippen molar-refractivity contribution in [1.82, 2.24) is 15.5 Å². The molecule has 0 saturated carbocycles. The van der Waals surface area contributed by atoms with Gasteiger partial charge in [0.1, 0.15) is 5.75 Å². The van der Waals surface area contributed by atoms with Gasteiger partial charge in [0.25, 0.3) is 0 Å². The number of rotatable bonds is 6. The number of carbonyl (C=O) groups is 1. The molecule has 1 aromatic carbocycles. The zero-order chi connectivity index (χ0) is 15.9. The lowest BCUT2D eigenvalue weighted by Crippen LogP contribution is -2.38. The largest absolute Gasteiger partial charge is 0.573 e. The van der Waals surface area contributed by atoms with Crippen LogP contribution in [0.5, 0.6) is 5.75 Å². The highest BCUT2D eigenvalue weighted by atomic mass is 19.4. The first-order chi connectivity index (χ1) is 9.78. The minimum absolute atomic E-state index is 0.197. The Bertz CT molecular complexity index is 464. The van der Waals surface area contributed by atoms with Crippen molar-refractivity contribution >= 4 is 6.03 Å². The highest BCUT2D eigenvalue weighted by molar-refractivity contribution is 5.73. The second kappa shape index (κ2) is 7.72. The lowest BCUT2D eigenvalue weighted by molar-refractivity contribution is -0.274. The number of nitrogens with zero attached hydrogens (tertiary/aromatic N) is 1. The fourth-order valence-corrected chi connectivity index (χ4v) is 1.50. The molecule has 0 aliphatic rings. The molecular weight excluding hydrogens is 287 g/mol. The number of ether oxygens (including phenoxy) is 1. The van der Waals surface area contributed by atoms with Gasteiger partial charge in [0.2, 0.25) is 0 Å². The summed E-state index contributed by atoms with van der Waals surface area (Å²) in [6.07, 6.45) is -4.69. The molecule has 1 aromatic rings. The average molecular weight is 305 g/mol. The zero-order valence-electron chi connectivity index (χ0n) is 11.8. The van der Waals surface area contributed by atoms with E-state index in [1.807, 2.05) is 0 Å². The molecule has 0 heterocycles. The number of halogens is 3. The second-order valence-electron chi connectivity index (χ2n) is 4.50. The number of hydrogen-bond donors (Lipinski definition) is 2. The van der Waals surface area contributed by atoms with E-state index < -0.39 is 6.36 Å². The third kappa shape index (κ3) is 7.40. The summed E-state index contributed by atoms with van der Waals surface area (Å²) in [7, 11) is 3.27. The van der Waals surface area contributed by atoms with Crippen LogP contribution in [0, 0.1) is 0 Å². The fourth-order valence-electron chi connectivity index (χ4n) is 1.50. The fraction of sp³-hybridized carbons (Fsp3) is 0.462. The van der Waals surface area contributed by atoms with E-state index in [1.54, 1.807) is 20.2 Å². The number of urea groups is 1. The molecule has 5 nitrogen and oxygen atoms in total. The van der Waals surface area contributed by atoms with Crippen LogP contribution in [0.2, 0.25) is 0 Å². The SMILES string of the molecule is CN(C)C(=O)NCCNCc1cccc(OC(F)(F)F)c1. The Morgan fingerprint density at radius 1 is 1.29 bits per heavy atom. The maximum absolute atomic E-state index is 12.1. The molecule has 118 valence electrons. The number of alkyl halides is 3. The van der Waals surface area contributed by atoms with E-state index in [0.717, 1.165) is 0 Å². The summed E-state index contributed by atoms with van der Waals surface area (Å²) >= 11 is 0. The van der Waals surface area contributed by atoms with E-state index in [2.05, 4.69) is 15.4 Å². The summed E-state index contributed by atoms with van der Waals surface area (Å²) in [5.41, 5.74) is 0.663. The summed E-state index contributed by atoms with van der Waals surface area (Å²) in [5, 5.41) is 5.68. The topological polar surface area (TPSA) is 53.6 Å². The lowest BCUT2D eigenvalue weighted by atomic mass is 10.2. The van der Waals surface area contributed by atoms with Crippen LogP contribution < -0.4 is 15.4 Å². The molecule has 0 unspecified atom stereocenters. The predicted molar refractivity (Wildman–Crippen MR) is 71.9 cm³/mol. The molecule has 8 heteroatoms. The average Bonchev–Trinajstić information content (AvgIpc) is 2.36. The molecule has 21 heavy (non-hydrogen) atoms. The molecule has 0 bridgehead atoms. The quantitative estimate of drug-likeness (QED) is 0.790. The van der Waals surface area contributed by atoms with Crippen LogP contribution in [0.25, 0.3) is 0 Å². The maximum Gasteiger partial charge on any atom is 0.573 e. The van der Waals surface area contributed by atoms with Gasteiger partial charge in [-0.3, -0.25) is 0 Å². The van der Waals surface area contributed by atoms with E-state index in [1.165, 1.54) is 23.1 Å². The lowest BCUT2D eigenvalue weighted by Gasteiger charge is -2.12. The van der Waals surface area contributed by atoms with Gasteiger partial charge in [-0.1, -0.05) is 12.1 Å². The van der Waals surface area contributed by atoms with Crippen molar-refractivity contribution in [3.63, 3.8) is 0 Å². The smallest absolute Gasteiger partial charge is 0.406 e. The van der Waals surface area contributed by atoms with Crippen molar-refractivity contribution in [3.05, 3.63) is 29.8 Å². The van der Waals surface area contributed by atoms with Gasteiger partial charge in [-0.15, -0.1) is 13.2 Å². The van der Waals surface area contributed by atoms with Gasteiger partial charge in [-0.05, 0) is 17.7 Å². The van der Waals surface area contributed by atoms with Gasteiger partial charge in [0, 0.05) is 33.7 Å². The third-order valence-corrected chi connectivity index (χ3v) is 2.45. The number of amides is 2. The third-order valence-electron chi connectivity index (χ3n) is 2.45. The Morgan fingerprint density at radius 2 is 2.00 bits per heavy atom. The van der Waals surface area contributed by atoms with Gasteiger partial charge >= 0.3 is 12.4 Å². The van der Waals surface area contributed by atoms with Crippen molar-refractivity contribution in [2.24, 2.45) is 0 Å². The van der Waals surface area contributed by atoms with Crippen LogP contribution in [0.3, 0.4) is 0 Å². The highest BCUT2D eigenvalue weighted by Gasteiger charge is 2.31. The van der Waals surface area contributed by atoms with E-state index in [0.29, 0.717) is 25.2 Å². The molecule has 0 radical (unpaired) electrons. The Morgan fingerprint density at radius 3 is 2.62 bits per heavy atom. The van der Waals surface area contributed by atoms with Crippen molar-refractivity contribution in [3.8, 4) is 5.75 Å². The predicted octanol–water partition coefficient (Wildman–Crippen LogP) is 1.95. The summed E-state index contributed by atoms with van der Waals surface area (Å²) in [4.78, 5) is 12.6. The monoisotopic (exact) mass is 305 g/mol. The first-order valence-corrected chi connectivity index (χ1v) is 6.28. The van der Waals surface area contributed by atoms with Crippen molar-refractivity contribution in [1.29, 1.82) is 0 Å². The zero-order valence-corrected chi connectivity index (χ0v) is 11.8. The van der Waals surface area contributed by atoms with Gasteiger partial charge < -0.3 is 20.3 Å². The van der Waals surface area contributed by atoms with Crippen LogP contribution in [0.15, 0.2) is 24.3 Å². The number of hydrogen-bond acceptors (Lipinski definition) is 3. The van der Waals surface area contributed by atoms with E-state index in [-0.39, 0.29) is 11.8 Å². The normalized spacial score (nSPS) is 11.1. The Hall–Kier alpha value is -1.96. The van der Waals surface area contributed by atoms with Gasteiger partial charge in [0.15, 0.2) is 0 Å². The van der Waals surface area contributed by atoms with Gasteiger partial charge in [-0.2, -0.15) is 0 Å². The molecule has 2 N–H and O–H groups in total.